The molecule has 1 fully saturated rings. The highest BCUT2D eigenvalue weighted by atomic mass is 32.2. The van der Waals surface area contributed by atoms with Crippen LogP contribution >= 0.6 is 0 Å². The first-order valence-corrected chi connectivity index (χ1v) is 15.8. The Morgan fingerprint density at radius 1 is 1.05 bits per heavy atom. The number of benzene rings is 3. The van der Waals surface area contributed by atoms with Gasteiger partial charge >= 0.3 is 5.97 Å². The molecule has 2 aliphatic heterocycles. The number of fused-ring (bicyclic) bond motifs is 1. The summed E-state index contributed by atoms with van der Waals surface area (Å²) < 4.78 is 43.5. The Kier molecular flexibility index (Phi) is 8.56. The van der Waals surface area contributed by atoms with Gasteiger partial charge in [0.25, 0.3) is 0 Å². The first kappa shape index (κ1) is 29.0. The number of sulfonamides is 1. The molecule has 0 aromatic heterocycles. The number of aliphatic carboxylic acids is 1. The fourth-order valence-corrected chi connectivity index (χ4v) is 7.23. The maximum absolute atomic E-state index is 12.0. The minimum atomic E-state index is -3.18. The van der Waals surface area contributed by atoms with E-state index in [1.54, 1.807) is 4.31 Å². The standard InChI is InChI=1S/C32H37NO7S/c1-21-14-28(38-13-11-26-8-5-12-33(26)41(3,36)37)15-22(2)32(21)24-7-4-6-23(16-24)19-39-27-9-10-29-25(17-31(34)35)20-40-30(29)18-27/h4,6-7,9-10,14-16,18,25-26H,5,8,11-13,17,19-20H2,1-3H3,(H,34,35)/t25?,26-/m1/s1. The zero-order valence-corrected chi connectivity index (χ0v) is 24.6. The van der Waals surface area contributed by atoms with Crippen molar-refractivity contribution in [2.24, 2.45) is 0 Å². The molecular formula is C32H37NO7S. The largest absolute Gasteiger partial charge is 0.494 e. The number of hydrogen-bond acceptors (Lipinski definition) is 6. The molecule has 1 unspecified atom stereocenters. The fraction of sp³-hybridized carbons (Fsp3) is 0.406. The topological polar surface area (TPSA) is 102 Å². The lowest BCUT2D eigenvalue weighted by Gasteiger charge is -2.22. The van der Waals surface area contributed by atoms with Crippen molar-refractivity contribution in [1.82, 2.24) is 4.31 Å². The first-order valence-electron chi connectivity index (χ1n) is 14.0. The first-order chi connectivity index (χ1) is 19.6. The number of ether oxygens (including phenoxy) is 3. The van der Waals surface area contributed by atoms with Gasteiger partial charge in [-0.05, 0) is 85.2 Å². The van der Waals surface area contributed by atoms with E-state index in [4.69, 9.17) is 19.3 Å². The van der Waals surface area contributed by atoms with Crippen molar-refractivity contribution in [2.45, 2.75) is 58.1 Å². The summed E-state index contributed by atoms with van der Waals surface area (Å²) in [7, 11) is -3.18. The van der Waals surface area contributed by atoms with Crippen LogP contribution < -0.4 is 14.2 Å². The smallest absolute Gasteiger partial charge is 0.304 e. The number of hydrogen-bond donors (Lipinski definition) is 1. The van der Waals surface area contributed by atoms with Gasteiger partial charge < -0.3 is 19.3 Å². The van der Waals surface area contributed by atoms with Gasteiger partial charge in [0.05, 0.1) is 25.9 Å². The van der Waals surface area contributed by atoms with Crippen molar-refractivity contribution in [2.75, 3.05) is 26.0 Å². The van der Waals surface area contributed by atoms with E-state index < -0.39 is 16.0 Å². The van der Waals surface area contributed by atoms with Gasteiger partial charge in [-0.2, -0.15) is 4.31 Å². The molecule has 8 nitrogen and oxygen atoms in total. The molecule has 2 atom stereocenters. The number of carboxylic acids is 1. The van der Waals surface area contributed by atoms with Crippen LogP contribution in [0.25, 0.3) is 11.1 Å². The van der Waals surface area contributed by atoms with Crippen LogP contribution in [0.15, 0.2) is 54.6 Å². The number of rotatable bonds is 11. The highest BCUT2D eigenvalue weighted by Crippen LogP contribution is 2.38. The van der Waals surface area contributed by atoms with Crippen LogP contribution in [0.5, 0.6) is 17.2 Å². The van der Waals surface area contributed by atoms with Crippen LogP contribution in [-0.2, 0) is 21.4 Å². The molecular weight excluding hydrogens is 542 g/mol. The molecule has 218 valence electrons. The molecule has 5 rings (SSSR count). The van der Waals surface area contributed by atoms with Crippen molar-refractivity contribution in [3.63, 3.8) is 0 Å². The molecule has 2 heterocycles. The van der Waals surface area contributed by atoms with Gasteiger partial charge in [0, 0.05) is 30.1 Å². The van der Waals surface area contributed by atoms with Crippen molar-refractivity contribution in [1.29, 1.82) is 0 Å². The Labute approximate surface area is 241 Å². The van der Waals surface area contributed by atoms with Crippen LogP contribution in [0.4, 0.5) is 0 Å². The minimum absolute atomic E-state index is 0.00889. The third kappa shape index (κ3) is 6.85. The van der Waals surface area contributed by atoms with E-state index in [1.165, 1.54) is 6.26 Å². The highest BCUT2D eigenvalue weighted by Gasteiger charge is 2.31. The normalized spacial score (nSPS) is 18.6. The molecule has 3 aromatic rings. The Balaban J connectivity index is 1.21. The summed E-state index contributed by atoms with van der Waals surface area (Å²) in [6.45, 7) is 5.97. The Morgan fingerprint density at radius 3 is 2.56 bits per heavy atom. The van der Waals surface area contributed by atoms with E-state index in [0.717, 1.165) is 52.0 Å². The molecule has 0 bridgehead atoms. The van der Waals surface area contributed by atoms with E-state index in [9.17, 15) is 13.2 Å². The zero-order chi connectivity index (χ0) is 29.1. The summed E-state index contributed by atoms with van der Waals surface area (Å²) in [6.07, 6.45) is 3.78. The maximum atomic E-state index is 12.0. The number of carboxylic acid groups (broad SMARTS) is 1. The van der Waals surface area contributed by atoms with Gasteiger partial charge in [-0.3, -0.25) is 4.79 Å². The van der Waals surface area contributed by atoms with Crippen LogP contribution in [0, 0.1) is 13.8 Å². The lowest BCUT2D eigenvalue weighted by Crippen LogP contribution is -2.35. The molecule has 2 aliphatic rings. The van der Waals surface area contributed by atoms with Gasteiger partial charge in [-0.15, -0.1) is 0 Å². The molecule has 0 aliphatic carbocycles. The zero-order valence-electron chi connectivity index (χ0n) is 23.8. The molecule has 3 aromatic carbocycles. The van der Waals surface area contributed by atoms with Crippen LogP contribution in [-0.4, -0.2) is 55.9 Å². The maximum Gasteiger partial charge on any atom is 0.304 e. The lowest BCUT2D eigenvalue weighted by molar-refractivity contribution is -0.137. The summed E-state index contributed by atoms with van der Waals surface area (Å²) >= 11 is 0. The summed E-state index contributed by atoms with van der Waals surface area (Å²) in [4.78, 5) is 11.1. The Bertz CT molecular complexity index is 1510. The van der Waals surface area contributed by atoms with Crippen LogP contribution in [0.3, 0.4) is 0 Å². The molecule has 1 saturated heterocycles. The number of nitrogens with zero attached hydrogens (tertiary/aromatic N) is 1. The molecule has 0 amide bonds. The number of carbonyl (C=O) groups is 1. The van der Waals surface area contributed by atoms with E-state index in [2.05, 4.69) is 26.0 Å². The van der Waals surface area contributed by atoms with Gasteiger partial charge in [-0.25, -0.2) is 8.42 Å². The summed E-state index contributed by atoms with van der Waals surface area (Å²) in [6, 6.07) is 17.9. The molecule has 41 heavy (non-hydrogen) atoms. The van der Waals surface area contributed by atoms with Crippen LogP contribution in [0.2, 0.25) is 0 Å². The Morgan fingerprint density at radius 2 is 1.83 bits per heavy atom. The fourth-order valence-electron chi connectivity index (χ4n) is 6.02. The number of aryl methyl sites for hydroxylation is 2. The van der Waals surface area contributed by atoms with Crippen LogP contribution in [0.1, 0.15) is 53.9 Å². The van der Waals surface area contributed by atoms with Crippen molar-refractivity contribution < 1.29 is 32.5 Å². The summed E-state index contributed by atoms with van der Waals surface area (Å²) in [5.41, 5.74) is 6.38. The van der Waals surface area contributed by atoms with E-state index >= 15 is 0 Å². The quantitative estimate of drug-likeness (QED) is 0.311. The van der Waals surface area contributed by atoms with Crippen molar-refractivity contribution >= 4 is 16.0 Å². The van der Waals surface area contributed by atoms with Gasteiger partial charge in [0.15, 0.2) is 0 Å². The molecule has 0 spiro atoms. The molecule has 0 radical (unpaired) electrons. The second kappa shape index (κ2) is 12.1. The third-order valence-corrected chi connectivity index (χ3v) is 9.21. The minimum Gasteiger partial charge on any atom is -0.494 e. The van der Waals surface area contributed by atoms with E-state index in [-0.39, 0.29) is 18.4 Å². The Hall–Kier alpha value is -3.56. The second-order valence-electron chi connectivity index (χ2n) is 11.0. The highest BCUT2D eigenvalue weighted by molar-refractivity contribution is 7.88. The van der Waals surface area contributed by atoms with E-state index in [1.807, 2.05) is 42.5 Å². The summed E-state index contributed by atoms with van der Waals surface area (Å²) in [5, 5.41) is 9.11. The molecule has 0 saturated carbocycles. The predicted octanol–water partition coefficient (Wildman–Crippen LogP) is 5.69. The third-order valence-electron chi connectivity index (χ3n) is 7.88. The monoisotopic (exact) mass is 579 g/mol. The SMILES string of the molecule is Cc1cc(OCC[C@H]2CCCN2S(C)(=O)=O)cc(C)c1-c1cccc(COc2ccc3c(c2)OCC3CC(=O)O)c1. The molecule has 1 N–H and O–H groups in total. The van der Waals surface area contributed by atoms with Crippen molar-refractivity contribution in [3.05, 3.63) is 76.9 Å². The van der Waals surface area contributed by atoms with Gasteiger partial charge in [-0.1, -0.05) is 24.3 Å². The average Bonchev–Trinajstić information content (AvgIpc) is 3.54. The van der Waals surface area contributed by atoms with E-state index in [0.29, 0.717) is 44.3 Å². The van der Waals surface area contributed by atoms with Gasteiger partial charge in [0.1, 0.15) is 23.9 Å². The summed E-state index contributed by atoms with van der Waals surface area (Å²) in [5.74, 6) is 1.19. The van der Waals surface area contributed by atoms with Gasteiger partial charge in [0.2, 0.25) is 10.0 Å². The van der Waals surface area contributed by atoms with Crippen molar-refractivity contribution in [3.8, 4) is 28.4 Å². The second-order valence-corrected chi connectivity index (χ2v) is 13.0. The lowest BCUT2D eigenvalue weighted by atomic mass is 9.94. The average molecular weight is 580 g/mol. The predicted molar refractivity (Wildman–Crippen MR) is 157 cm³/mol. The molecule has 9 heteroatoms.